The van der Waals surface area contributed by atoms with Crippen molar-refractivity contribution >= 4 is 15.9 Å². The van der Waals surface area contributed by atoms with Gasteiger partial charge in [0, 0.05) is 51.7 Å². The quantitative estimate of drug-likeness (QED) is 0.551. The first kappa shape index (κ1) is 21.8. The molecule has 0 fully saturated rings. The van der Waals surface area contributed by atoms with Gasteiger partial charge in [-0.25, -0.2) is 13.1 Å². The Morgan fingerprint density at radius 3 is 2.40 bits per heavy atom. The average molecular weight is 430 g/mol. The molecule has 0 atom stereocenters. The summed E-state index contributed by atoms with van der Waals surface area (Å²) in [5.41, 5.74) is 2.13. The van der Waals surface area contributed by atoms with Gasteiger partial charge in [-0.1, -0.05) is 32.0 Å². The van der Waals surface area contributed by atoms with E-state index in [2.05, 4.69) is 5.10 Å². The molecular weight excluding hydrogens is 402 g/mol. The van der Waals surface area contributed by atoms with Gasteiger partial charge in [0.1, 0.15) is 10.6 Å². The van der Waals surface area contributed by atoms with E-state index in [1.807, 2.05) is 36.5 Å². The summed E-state index contributed by atoms with van der Waals surface area (Å²) in [6.07, 6.45) is 5.08. The molecule has 0 aliphatic carbocycles. The van der Waals surface area contributed by atoms with Crippen LogP contribution in [0.25, 0.3) is 5.69 Å². The molecule has 160 valence electrons. The smallest absolute Gasteiger partial charge is 0.270 e. The first-order valence-corrected chi connectivity index (χ1v) is 11.2. The number of hydrogen-bond acceptors (Lipinski definition) is 4. The normalized spacial score (nSPS) is 11.8. The molecule has 0 saturated heterocycles. The van der Waals surface area contributed by atoms with Crippen molar-refractivity contribution in [3.05, 3.63) is 66.2 Å². The largest absolute Gasteiger partial charge is 0.345 e. The number of amides is 1. The number of benzene rings is 1. The Morgan fingerprint density at radius 1 is 1.10 bits per heavy atom. The lowest BCUT2D eigenvalue weighted by molar-refractivity contribution is 0.0775. The number of para-hydroxylation sites is 1. The summed E-state index contributed by atoms with van der Waals surface area (Å²) in [7, 11) is -0.255. The molecule has 0 aliphatic rings. The van der Waals surface area contributed by atoms with Gasteiger partial charge in [-0.2, -0.15) is 9.40 Å². The number of sulfonamides is 1. The summed E-state index contributed by atoms with van der Waals surface area (Å²) < 4.78 is 30.2. The lowest BCUT2D eigenvalue weighted by Crippen LogP contribution is -2.30. The van der Waals surface area contributed by atoms with Crippen LogP contribution in [0.1, 0.15) is 29.9 Å². The molecule has 0 unspecified atom stereocenters. The third-order valence-electron chi connectivity index (χ3n) is 4.97. The van der Waals surface area contributed by atoms with Crippen LogP contribution in [-0.2, 0) is 23.6 Å². The van der Waals surface area contributed by atoms with Crippen molar-refractivity contribution in [2.45, 2.75) is 25.3 Å². The summed E-state index contributed by atoms with van der Waals surface area (Å²) >= 11 is 0. The van der Waals surface area contributed by atoms with E-state index in [9.17, 15) is 13.2 Å². The predicted octanol–water partition coefficient (Wildman–Crippen LogP) is 2.51. The van der Waals surface area contributed by atoms with Gasteiger partial charge in [-0.15, -0.1) is 0 Å². The van der Waals surface area contributed by atoms with E-state index in [-0.39, 0.29) is 10.8 Å². The van der Waals surface area contributed by atoms with Crippen LogP contribution in [0.5, 0.6) is 0 Å². The van der Waals surface area contributed by atoms with Gasteiger partial charge in [0.15, 0.2) is 0 Å². The molecule has 8 nitrogen and oxygen atoms in total. The third kappa shape index (κ3) is 4.31. The second-order valence-electron chi connectivity index (χ2n) is 7.05. The topological polar surface area (TPSA) is 80.4 Å². The van der Waals surface area contributed by atoms with Crippen molar-refractivity contribution < 1.29 is 13.2 Å². The van der Waals surface area contributed by atoms with Gasteiger partial charge < -0.3 is 9.47 Å². The van der Waals surface area contributed by atoms with Crippen LogP contribution in [0.15, 0.2) is 59.9 Å². The molecule has 3 aromatic rings. The zero-order valence-corrected chi connectivity index (χ0v) is 18.5. The second kappa shape index (κ2) is 8.85. The minimum absolute atomic E-state index is 0.127. The summed E-state index contributed by atoms with van der Waals surface area (Å²) in [4.78, 5) is 14.6. The fraction of sp³-hybridized carbons (Fsp3) is 0.333. The Hall–Kier alpha value is -2.91. The Labute approximate surface area is 177 Å². The summed E-state index contributed by atoms with van der Waals surface area (Å²) in [6.45, 7) is 4.69. The highest BCUT2D eigenvalue weighted by atomic mass is 32.2. The van der Waals surface area contributed by atoms with Crippen molar-refractivity contribution in [2.75, 3.05) is 20.1 Å². The third-order valence-corrected chi connectivity index (χ3v) is 6.98. The van der Waals surface area contributed by atoms with Gasteiger partial charge >= 0.3 is 0 Å². The molecule has 0 radical (unpaired) electrons. The number of rotatable bonds is 8. The van der Waals surface area contributed by atoms with Gasteiger partial charge in [-0.05, 0) is 18.2 Å². The number of carbonyl (C=O) groups excluding carboxylic acids is 1. The highest BCUT2D eigenvalue weighted by Crippen LogP contribution is 2.20. The SMILES string of the molecule is CCN(CC)S(=O)(=O)c1cc(C(=O)N(C)Cc2cnn(-c3ccccc3)c2)n(C)c1. The molecule has 0 N–H and O–H groups in total. The maximum absolute atomic E-state index is 13.0. The number of hydrogen-bond donors (Lipinski definition) is 0. The molecule has 2 aromatic heterocycles. The summed E-state index contributed by atoms with van der Waals surface area (Å²) in [5, 5.41) is 4.35. The predicted molar refractivity (Wildman–Crippen MR) is 115 cm³/mol. The molecule has 1 amide bonds. The van der Waals surface area contributed by atoms with Crippen LogP contribution in [0, 0.1) is 0 Å². The number of nitrogens with zero attached hydrogens (tertiary/aromatic N) is 5. The van der Waals surface area contributed by atoms with E-state index in [0.29, 0.717) is 25.3 Å². The van der Waals surface area contributed by atoms with E-state index in [4.69, 9.17) is 0 Å². The van der Waals surface area contributed by atoms with Crippen LogP contribution < -0.4 is 0 Å². The van der Waals surface area contributed by atoms with Crippen molar-refractivity contribution in [3.8, 4) is 5.69 Å². The molecule has 2 heterocycles. The highest BCUT2D eigenvalue weighted by molar-refractivity contribution is 7.89. The van der Waals surface area contributed by atoms with Gasteiger partial charge in [0.25, 0.3) is 5.91 Å². The fourth-order valence-corrected chi connectivity index (χ4v) is 4.84. The molecule has 0 spiro atoms. The van der Waals surface area contributed by atoms with Crippen LogP contribution >= 0.6 is 0 Å². The summed E-state index contributed by atoms with van der Waals surface area (Å²) in [5.74, 6) is -0.258. The van der Waals surface area contributed by atoms with Crippen LogP contribution in [0.2, 0.25) is 0 Å². The average Bonchev–Trinajstić information content (AvgIpc) is 3.36. The van der Waals surface area contributed by atoms with Gasteiger partial charge in [-0.3, -0.25) is 4.79 Å². The van der Waals surface area contributed by atoms with E-state index in [1.54, 1.807) is 48.3 Å². The standard InChI is InChI=1S/C21H27N5O3S/c1-5-25(6-2)30(28,29)19-12-20(23(3)16-19)21(27)24(4)14-17-13-22-26(15-17)18-10-8-7-9-11-18/h7-13,15-16H,5-6,14H2,1-4H3. The zero-order valence-electron chi connectivity index (χ0n) is 17.7. The molecule has 30 heavy (non-hydrogen) atoms. The lowest BCUT2D eigenvalue weighted by atomic mass is 10.3. The van der Waals surface area contributed by atoms with Crippen molar-refractivity contribution in [2.24, 2.45) is 7.05 Å². The monoisotopic (exact) mass is 429 g/mol. The van der Waals surface area contributed by atoms with Crippen molar-refractivity contribution in [3.63, 3.8) is 0 Å². The summed E-state index contributed by atoms with van der Waals surface area (Å²) in [6, 6.07) is 11.2. The zero-order chi connectivity index (χ0) is 21.9. The maximum atomic E-state index is 13.0. The lowest BCUT2D eigenvalue weighted by Gasteiger charge is -2.17. The number of aryl methyl sites for hydroxylation is 1. The Bertz CT molecular complexity index is 1110. The number of carbonyl (C=O) groups is 1. The van der Waals surface area contributed by atoms with E-state index in [1.165, 1.54) is 16.6 Å². The minimum atomic E-state index is -3.62. The van der Waals surface area contributed by atoms with Crippen LogP contribution in [0.4, 0.5) is 0 Å². The van der Waals surface area contributed by atoms with Crippen LogP contribution in [0.3, 0.4) is 0 Å². The molecule has 9 heteroatoms. The van der Waals surface area contributed by atoms with Crippen molar-refractivity contribution in [1.29, 1.82) is 0 Å². The van der Waals surface area contributed by atoms with Gasteiger partial charge in [0.05, 0.1) is 11.9 Å². The molecule has 1 aromatic carbocycles. The first-order valence-electron chi connectivity index (χ1n) is 9.78. The van der Waals surface area contributed by atoms with E-state index in [0.717, 1.165) is 11.3 Å². The first-order chi connectivity index (χ1) is 14.3. The second-order valence-corrected chi connectivity index (χ2v) is 8.99. The maximum Gasteiger partial charge on any atom is 0.270 e. The molecule has 0 bridgehead atoms. The van der Waals surface area contributed by atoms with Crippen LogP contribution in [-0.4, -0.2) is 58.0 Å². The Balaban J connectivity index is 1.77. The Kier molecular flexibility index (Phi) is 6.42. The molecule has 0 saturated carbocycles. The van der Waals surface area contributed by atoms with Crippen molar-refractivity contribution in [1.82, 2.24) is 23.6 Å². The minimum Gasteiger partial charge on any atom is -0.345 e. The highest BCUT2D eigenvalue weighted by Gasteiger charge is 2.26. The van der Waals surface area contributed by atoms with E-state index < -0.39 is 10.0 Å². The number of aromatic nitrogens is 3. The fourth-order valence-electron chi connectivity index (χ4n) is 3.31. The molecule has 3 rings (SSSR count). The molecule has 0 aliphatic heterocycles. The van der Waals surface area contributed by atoms with Gasteiger partial charge in [0.2, 0.25) is 10.0 Å². The molecular formula is C21H27N5O3S. The van der Waals surface area contributed by atoms with E-state index >= 15 is 0 Å². The Morgan fingerprint density at radius 2 is 1.77 bits per heavy atom.